The topological polar surface area (TPSA) is 52.4 Å². The number of fused-ring (bicyclic) bond motifs is 6. The highest BCUT2D eigenvalue weighted by Gasteiger charge is 2.51. The van der Waals surface area contributed by atoms with Crippen molar-refractivity contribution >= 4 is 0 Å². The van der Waals surface area contributed by atoms with Crippen molar-refractivity contribution in [1.82, 2.24) is 0 Å². The first kappa shape index (κ1) is 89.4. The molecule has 0 atom stereocenters. The minimum absolute atomic E-state index is 0. The normalized spacial score (nSPS) is 17.2. The number of rotatable bonds is 8. The van der Waals surface area contributed by atoms with Crippen molar-refractivity contribution < 1.29 is 37.2 Å². The molecule has 0 unspecified atom stereocenters. The first-order valence-electron chi connectivity index (χ1n) is 42.2. The lowest BCUT2D eigenvalue weighted by Crippen LogP contribution is -2.45. The lowest BCUT2D eigenvalue weighted by Gasteiger charge is -2.48. The molecule has 0 N–H and O–H groups in total. The molecule has 8 nitrogen and oxygen atoms in total. The van der Waals surface area contributed by atoms with E-state index in [9.17, 15) is 0 Å². The van der Waals surface area contributed by atoms with Crippen LogP contribution in [0.15, 0.2) is 243 Å². The Hall–Kier alpha value is -10.4. The van der Waals surface area contributed by atoms with Gasteiger partial charge in [-0.1, -0.05) is 193 Å². The van der Waals surface area contributed by atoms with Gasteiger partial charge in [-0.3, -0.25) is 0 Å². The molecule has 0 bridgehead atoms. The third kappa shape index (κ3) is 17.4. The Balaban J connectivity index is 0.000000154. The maximum absolute atomic E-state index is 6.56. The predicted molar refractivity (Wildman–Crippen MR) is 499 cm³/mol. The van der Waals surface area contributed by atoms with Crippen LogP contribution in [0.5, 0.6) is 23.0 Å². The molecular weight excluding hydrogens is 1450 g/mol. The number of aromatic nitrogens is 4. The average Bonchev–Trinajstić information content (AvgIpc) is 1.64. The summed E-state index contributed by atoms with van der Waals surface area (Å²) < 4.78 is 34.4. The Morgan fingerprint density at radius 2 is 0.571 bits per heavy atom. The fourth-order valence-electron chi connectivity index (χ4n) is 19.7. The Kier molecular flexibility index (Phi) is 25.8. The van der Waals surface area contributed by atoms with Crippen LogP contribution in [-0.2, 0) is 49.9 Å². The number of ether oxygens (including phenoxy) is 4. The third-order valence-electron chi connectivity index (χ3n) is 27.4. The van der Waals surface area contributed by atoms with Gasteiger partial charge in [-0.05, 0) is 255 Å². The monoisotopic (exact) mass is 1590 g/mol. The van der Waals surface area contributed by atoms with Crippen LogP contribution in [0.3, 0.4) is 0 Å². The van der Waals surface area contributed by atoms with Crippen molar-refractivity contribution in [2.45, 2.75) is 255 Å². The highest BCUT2D eigenvalue weighted by Crippen LogP contribution is 2.57. The second-order valence-corrected chi connectivity index (χ2v) is 37.6. The first-order chi connectivity index (χ1) is 54.6. The molecule has 8 heteroatoms. The Labute approximate surface area is 716 Å². The number of nitrogens with zero attached hydrogens (tertiary/aromatic N) is 4. The maximum atomic E-state index is 6.56. The van der Waals surface area contributed by atoms with Crippen LogP contribution in [0.25, 0.3) is 89.5 Å². The largest absolute Gasteiger partial charge is 0.488 e. The molecule has 622 valence electrons. The zero-order valence-electron chi connectivity index (χ0n) is 72.3. The zero-order valence-corrected chi connectivity index (χ0v) is 72.3. The second kappa shape index (κ2) is 34.4. The summed E-state index contributed by atoms with van der Waals surface area (Å²) in [5, 5.41) is 0. The number of benzene rings is 8. The van der Waals surface area contributed by atoms with Crippen molar-refractivity contribution in [3.8, 4) is 113 Å². The Morgan fingerprint density at radius 3 is 0.992 bits per heavy atom. The summed E-state index contributed by atoms with van der Waals surface area (Å²) in [6, 6.07) is 79.6. The molecule has 0 saturated heterocycles. The highest BCUT2D eigenvalue weighted by atomic mass is 16.5. The van der Waals surface area contributed by atoms with E-state index in [0.29, 0.717) is 10.8 Å². The van der Waals surface area contributed by atoms with E-state index >= 15 is 0 Å². The molecule has 8 heterocycles. The van der Waals surface area contributed by atoms with Gasteiger partial charge in [0, 0.05) is 115 Å². The molecule has 2 fully saturated rings. The molecule has 119 heavy (non-hydrogen) atoms. The van der Waals surface area contributed by atoms with Crippen LogP contribution in [0.2, 0.25) is 0 Å². The van der Waals surface area contributed by atoms with Crippen molar-refractivity contribution in [2.75, 3.05) is 0 Å². The minimum Gasteiger partial charge on any atom is -0.488 e. The molecule has 4 aliphatic heterocycles. The molecule has 18 rings (SSSR count). The summed E-state index contributed by atoms with van der Waals surface area (Å²) >= 11 is 0. The van der Waals surface area contributed by atoms with E-state index in [1.807, 2.05) is 0 Å². The molecule has 12 aromatic rings. The van der Waals surface area contributed by atoms with Gasteiger partial charge in [0.25, 0.3) is 0 Å². The van der Waals surface area contributed by atoms with Crippen molar-refractivity contribution in [3.05, 3.63) is 288 Å². The molecular formula is C111H138N4O4+4. The number of aryl methyl sites for hydroxylation is 8. The minimum atomic E-state index is -0.205. The standard InChI is InChI=1S/C29H34NO.C28H32NO.2C25H28NO.4CH4/c1-21-11-12-22(18-24(21)26-10-6-9-17-30(26)4)23-13-14-25-27(19-23)31-28(2,3)20-29(25)15-7-5-8-16-29;1-20-10-11-21(17-23(20)25-9-5-8-16-29(25)4)22-12-13-24-26(18-22)30-27(2,3)19-28(24)14-6-7-15-28;1-17-9-7-8-10-20(17)22-15-19(13-14-26(22)6)18-11-12-21-23(16-18)27-25(4,5)24(21,2)3;1-17-9-7-8-10-20(17)22-16-19(13-14-26(22)6)18-11-12-23-21(15-18)24(2,3)25(4,5)27-23;;;;/h6,9-14,17-19H,5,7-8,15-16,20H2,1-4H3;5,8-13,16-18H,6-7,14-15,19H2,1-4H3;2*7-16H,1-6H3;4*1H4/q4*+1;;;;. The Morgan fingerprint density at radius 1 is 0.252 bits per heavy atom. The quantitative estimate of drug-likeness (QED) is 0.142. The smallest absolute Gasteiger partial charge is 0.213 e. The summed E-state index contributed by atoms with van der Waals surface area (Å²) in [5.41, 5.74) is 30.4. The molecule has 0 amide bonds. The van der Waals surface area contributed by atoms with Crippen molar-refractivity contribution in [1.29, 1.82) is 0 Å². The van der Waals surface area contributed by atoms with Gasteiger partial charge in [-0.15, -0.1) is 0 Å². The summed E-state index contributed by atoms with van der Waals surface area (Å²) in [4.78, 5) is 0. The van der Waals surface area contributed by atoms with Gasteiger partial charge in [0.15, 0.2) is 24.8 Å². The van der Waals surface area contributed by atoms with Gasteiger partial charge in [0.2, 0.25) is 22.8 Å². The molecule has 2 spiro atoms. The summed E-state index contributed by atoms with van der Waals surface area (Å²) in [5.74, 6) is 4.21. The van der Waals surface area contributed by atoms with Gasteiger partial charge >= 0.3 is 0 Å². The van der Waals surface area contributed by atoms with Crippen LogP contribution in [0, 0.1) is 27.7 Å². The molecule has 0 radical (unpaired) electrons. The SMILES string of the molecule is C.C.C.C.Cc1ccc(-c2ccc3c(c2)OC(C)(C)CC32CCCC2)cc1-c1cccc[n+]1C.Cc1ccc(-c2ccc3c(c2)OC(C)(C)CC32CCCCC2)cc1-c1cccc[n+]1C.Cc1ccccc1-c1cc(-c2ccc3c(c2)C(C)(C)C(C)(C)O3)cc[n+]1C.Cc1ccccc1-c1cc(-c2ccc3c(c2)OC(C)(C)C3(C)C)cc[n+]1C. The third-order valence-corrected chi connectivity index (χ3v) is 27.4. The number of pyridine rings is 4. The number of hydrogen-bond donors (Lipinski definition) is 0. The highest BCUT2D eigenvalue weighted by molar-refractivity contribution is 5.78. The Bertz CT molecular complexity index is 5680. The summed E-state index contributed by atoms with van der Waals surface area (Å²) in [6.45, 7) is 35.5. The first-order valence-corrected chi connectivity index (χ1v) is 42.2. The predicted octanol–water partition coefficient (Wildman–Crippen LogP) is 27.2. The fraction of sp³-hybridized carbons (Fsp3) is 0.387. The zero-order chi connectivity index (χ0) is 81.4. The van der Waals surface area contributed by atoms with E-state index in [1.165, 1.54) is 192 Å². The van der Waals surface area contributed by atoms with Crippen LogP contribution in [-0.4, -0.2) is 22.4 Å². The summed E-state index contributed by atoms with van der Waals surface area (Å²) in [6.07, 6.45) is 22.7. The van der Waals surface area contributed by atoms with E-state index in [-0.39, 0.29) is 62.9 Å². The molecule has 6 aliphatic rings. The average molecular weight is 1590 g/mol. The second-order valence-electron chi connectivity index (χ2n) is 37.6. The molecule has 2 saturated carbocycles. The molecule has 4 aromatic heterocycles. The van der Waals surface area contributed by atoms with E-state index < -0.39 is 0 Å². The van der Waals surface area contributed by atoms with Crippen LogP contribution in [0.1, 0.15) is 228 Å². The van der Waals surface area contributed by atoms with Gasteiger partial charge in [0.05, 0.1) is 0 Å². The van der Waals surface area contributed by atoms with Gasteiger partial charge in [-0.2, -0.15) is 0 Å². The maximum Gasteiger partial charge on any atom is 0.213 e. The number of hydrogen-bond acceptors (Lipinski definition) is 4. The van der Waals surface area contributed by atoms with Crippen molar-refractivity contribution in [2.24, 2.45) is 28.2 Å². The van der Waals surface area contributed by atoms with E-state index in [4.69, 9.17) is 18.9 Å². The van der Waals surface area contributed by atoms with Gasteiger partial charge in [-0.25, -0.2) is 18.3 Å². The van der Waals surface area contributed by atoms with Crippen LogP contribution in [0.4, 0.5) is 0 Å². The molecule has 2 aliphatic carbocycles. The lowest BCUT2D eigenvalue weighted by molar-refractivity contribution is -0.660. The van der Waals surface area contributed by atoms with E-state index in [2.05, 4.69) is 400 Å². The van der Waals surface area contributed by atoms with Crippen LogP contribution >= 0.6 is 0 Å². The lowest BCUT2D eigenvalue weighted by atomic mass is 9.63. The molecule has 8 aromatic carbocycles. The van der Waals surface area contributed by atoms with E-state index in [1.54, 1.807) is 0 Å². The van der Waals surface area contributed by atoms with Gasteiger partial charge < -0.3 is 18.9 Å². The van der Waals surface area contributed by atoms with Crippen LogP contribution < -0.4 is 37.2 Å². The van der Waals surface area contributed by atoms with E-state index in [0.717, 1.165) is 35.8 Å². The summed E-state index contributed by atoms with van der Waals surface area (Å²) in [7, 11) is 8.42. The van der Waals surface area contributed by atoms with Crippen molar-refractivity contribution in [3.63, 3.8) is 0 Å². The van der Waals surface area contributed by atoms with Gasteiger partial charge in [0.1, 0.15) is 73.6 Å². The fourth-order valence-corrected chi connectivity index (χ4v) is 19.7.